The monoisotopic (exact) mass is 208 g/mol. The third kappa shape index (κ3) is 1.08. The average molecular weight is 206 g/mol. The van der Waals surface area contributed by atoms with Crippen LogP contribution < -0.4 is 0 Å². The standard InChI is InChI=1S/C6H6Te/c1-2-5(1)7-6-3-4-6/h1-6H. The van der Waals surface area contributed by atoms with E-state index in [0.717, 1.165) is 7.93 Å². The molecule has 0 saturated carbocycles. The average Bonchev–Trinajstić information content (AvgIpc) is 2.33. The molecule has 2 aliphatic rings. The van der Waals surface area contributed by atoms with Crippen molar-refractivity contribution < 1.29 is 0 Å². The minimum absolute atomic E-state index is 0.350. The van der Waals surface area contributed by atoms with Crippen LogP contribution in [-0.4, -0.2) is 20.9 Å². The molecule has 0 bridgehead atoms. The third-order valence-electron chi connectivity index (χ3n) is 1.01. The summed E-state index contributed by atoms with van der Waals surface area (Å²) < 4.78 is 2.01. The fourth-order valence-electron chi connectivity index (χ4n) is 0.454. The molecular weight excluding hydrogens is 200 g/mol. The number of hydrogen-bond acceptors (Lipinski definition) is 0. The first kappa shape index (κ1) is 4.18. The number of rotatable bonds is 2. The maximum atomic E-state index is 2.32. The predicted molar refractivity (Wildman–Crippen MR) is 31.5 cm³/mol. The first-order chi connectivity index (χ1) is 3.45. The molecular formula is C6H6Te. The van der Waals surface area contributed by atoms with E-state index in [0.29, 0.717) is 20.9 Å². The Balaban J connectivity index is 1.72. The van der Waals surface area contributed by atoms with Gasteiger partial charge in [0.15, 0.2) is 0 Å². The van der Waals surface area contributed by atoms with Gasteiger partial charge in [0.2, 0.25) is 0 Å². The van der Waals surface area contributed by atoms with Gasteiger partial charge in [-0.15, -0.1) is 0 Å². The van der Waals surface area contributed by atoms with Crippen molar-refractivity contribution >= 4 is 20.9 Å². The van der Waals surface area contributed by atoms with Crippen LogP contribution in [0.3, 0.4) is 0 Å². The molecule has 36 valence electrons. The van der Waals surface area contributed by atoms with Crippen LogP contribution in [0.4, 0.5) is 0 Å². The van der Waals surface area contributed by atoms with E-state index >= 15 is 0 Å². The normalized spacial score (nSPS) is 26.3. The molecule has 0 nitrogen and oxygen atoms in total. The van der Waals surface area contributed by atoms with Gasteiger partial charge in [-0.2, -0.15) is 0 Å². The van der Waals surface area contributed by atoms with E-state index in [1.165, 1.54) is 0 Å². The summed E-state index contributed by atoms with van der Waals surface area (Å²) in [7, 11) is 0. The zero-order valence-corrected chi connectivity index (χ0v) is 6.20. The molecule has 0 aliphatic heterocycles. The Morgan fingerprint density at radius 3 is 1.57 bits per heavy atom. The Morgan fingerprint density at radius 2 is 1.29 bits per heavy atom. The summed E-state index contributed by atoms with van der Waals surface area (Å²) in [5.41, 5.74) is 0. The summed E-state index contributed by atoms with van der Waals surface area (Å²) in [6.07, 6.45) is 9.29. The second-order valence-electron chi connectivity index (χ2n) is 1.84. The molecule has 0 spiro atoms. The molecule has 2 aliphatic carbocycles. The molecule has 0 aromatic heterocycles. The van der Waals surface area contributed by atoms with Crippen molar-refractivity contribution in [3.8, 4) is 0 Å². The summed E-state index contributed by atoms with van der Waals surface area (Å²) in [4.78, 5) is 0. The van der Waals surface area contributed by atoms with Gasteiger partial charge in [-0.05, 0) is 0 Å². The molecule has 2 rings (SSSR count). The van der Waals surface area contributed by atoms with Gasteiger partial charge in [-0.3, -0.25) is 0 Å². The van der Waals surface area contributed by atoms with Crippen LogP contribution in [0.5, 0.6) is 0 Å². The molecule has 7 heavy (non-hydrogen) atoms. The van der Waals surface area contributed by atoms with Crippen molar-refractivity contribution in [2.75, 3.05) is 0 Å². The van der Waals surface area contributed by atoms with E-state index in [1.54, 1.807) is 0 Å². The number of allylic oxidation sites excluding steroid dienone is 4. The van der Waals surface area contributed by atoms with Crippen LogP contribution in [-0.2, 0) is 0 Å². The van der Waals surface area contributed by atoms with E-state index in [4.69, 9.17) is 0 Å². The first-order valence-corrected chi connectivity index (χ1v) is 5.16. The summed E-state index contributed by atoms with van der Waals surface area (Å²) in [6.45, 7) is 0. The van der Waals surface area contributed by atoms with E-state index < -0.39 is 0 Å². The van der Waals surface area contributed by atoms with Gasteiger partial charge >= 0.3 is 53.2 Å². The molecule has 0 atom stereocenters. The Bertz CT molecular complexity index is 107. The second-order valence-corrected chi connectivity index (χ2v) is 5.72. The summed E-state index contributed by atoms with van der Waals surface area (Å²) >= 11 is 0.350. The molecule has 1 heteroatoms. The van der Waals surface area contributed by atoms with Crippen molar-refractivity contribution in [3.63, 3.8) is 0 Å². The minimum atomic E-state index is 0.350. The zero-order valence-electron chi connectivity index (χ0n) is 3.87. The fraction of sp³-hybridized carbons (Fsp3) is 0.333. The zero-order chi connectivity index (χ0) is 4.69. The van der Waals surface area contributed by atoms with Crippen LogP contribution in [0.25, 0.3) is 0 Å². The van der Waals surface area contributed by atoms with Crippen LogP contribution in [0, 0.1) is 0 Å². The van der Waals surface area contributed by atoms with E-state index in [1.807, 2.05) is 0 Å². The van der Waals surface area contributed by atoms with Gasteiger partial charge in [0.05, 0.1) is 0 Å². The first-order valence-electron chi connectivity index (χ1n) is 2.47. The van der Waals surface area contributed by atoms with Crippen LogP contribution in [0.15, 0.2) is 24.3 Å². The van der Waals surface area contributed by atoms with Gasteiger partial charge in [0.25, 0.3) is 0 Å². The van der Waals surface area contributed by atoms with Crippen molar-refractivity contribution in [1.82, 2.24) is 0 Å². The Hall–Kier alpha value is 0.270. The SMILES string of the molecule is C1=CC1[Te]C1C=C1. The van der Waals surface area contributed by atoms with Crippen molar-refractivity contribution in [2.24, 2.45) is 0 Å². The number of hydrogen-bond donors (Lipinski definition) is 0. The molecule has 0 unspecified atom stereocenters. The molecule has 0 aromatic rings. The van der Waals surface area contributed by atoms with E-state index in [9.17, 15) is 0 Å². The van der Waals surface area contributed by atoms with E-state index in [2.05, 4.69) is 24.3 Å². The Kier molecular flexibility index (Phi) is 0.818. The molecule has 0 saturated heterocycles. The van der Waals surface area contributed by atoms with Crippen LogP contribution in [0.2, 0.25) is 7.93 Å². The van der Waals surface area contributed by atoms with Gasteiger partial charge in [-0.1, -0.05) is 0 Å². The van der Waals surface area contributed by atoms with Crippen LogP contribution in [0.1, 0.15) is 0 Å². The maximum absolute atomic E-state index is 2.32. The fourth-order valence-corrected chi connectivity index (χ4v) is 3.04. The van der Waals surface area contributed by atoms with Crippen molar-refractivity contribution in [3.05, 3.63) is 24.3 Å². The topological polar surface area (TPSA) is 0 Å². The Labute approximate surface area is 53.4 Å². The predicted octanol–water partition coefficient (Wildman–Crippen LogP) is 1.41. The molecule has 0 radical (unpaired) electrons. The van der Waals surface area contributed by atoms with Gasteiger partial charge in [-0.25, -0.2) is 0 Å². The molecule has 0 N–H and O–H groups in total. The summed E-state index contributed by atoms with van der Waals surface area (Å²) in [5.74, 6) is 0. The van der Waals surface area contributed by atoms with E-state index in [-0.39, 0.29) is 0 Å². The van der Waals surface area contributed by atoms with Gasteiger partial charge in [0, 0.05) is 0 Å². The van der Waals surface area contributed by atoms with Crippen molar-refractivity contribution in [1.29, 1.82) is 0 Å². The molecule has 0 amide bonds. The Morgan fingerprint density at radius 1 is 0.857 bits per heavy atom. The van der Waals surface area contributed by atoms with Gasteiger partial charge in [0.1, 0.15) is 0 Å². The molecule has 0 aromatic carbocycles. The quantitative estimate of drug-likeness (QED) is 0.473. The summed E-state index contributed by atoms with van der Waals surface area (Å²) in [5, 5.41) is 0. The van der Waals surface area contributed by atoms with Crippen LogP contribution >= 0.6 is 0 Å². The summed E-state index contributed by atoms with van der Waals surface area (Å²) in [6, 6.07) is 0. The third-order valence-corrected chi connectivity index (χ3v) is 4.60. The van der Waals surface area contributed by atoms with Crippen molar-refractivity contribution in [2.45, 2.75) is 7.93 Å². The molecule has 0 fully saturated rings. The van der Waals surface area contributed by atoms with Gasteiger partial charge < -0.3 is 0 Å². The second kappa shape index (κ2) is 1.37. The molecule has 0 heterocycles.